The van der Waals surface area contributed by atoms with Gasteiger partial charge in [-0.05, 0) is 48.9 Å². The largest absolute Gasteiger partial charge is 0.352 e. The molecule has 4 heteroatoms. The first-order valence-corrected chi connectivity index (χ1v) is 12.2. The van der Waals surface area contributed by atoms with Gasteiger partial charge in [-0.1, -0.05) is 91.9 Å². The standard InChI is InChI=1S/C30H36N2O2/c1-4-24-15-17-25(18-16-24)19-20-29(33)32(22-27-13-9-6-10-14-27)28(30(34)31-23(2)3)21-26-11-7-5-8-12-26/h5-18,23,28H,4,19-22H2,1-3H3,(H,31,34)/t28-/m1/s1. The van der Waals surface area contributed by atoms with E-state index in [2.05, 4.69) is 36.5 Å². The summed E-state index contributed by atoms with van der Waals surface area (Å²) in [4.78, 5) is 28.7. The second-order valence-electron chi connectivity index (χ2n) is 9.05. The van der Waals surface area contributed by atoms with Crippen molar-refractivity contribution in [2.45, 2.75) is 65.1 Å². The number of nitrogens with one attached hydrogen (secondary N) is 1. The van der Waals surface area contributed by atoms with Crippen molar-refractivity contribution in [2.75, 3.05) is 0 Å². The number of aryl methyl sites for hydroxylation is 2. The van der Waals surface area contributed by atoms with E-state index in [-0.39, 0.29) is 17.9 Å². The molecule has 178 valence electrons. The van der Waals surface area contributed by atoms with Crippen molar-refractivity contribution in [3.8, 4) is 0 Å². The maximum Gasteiger partial charge on any atom is 0.243 e. The summed E-state index contributed by atoms with van der Waals surface area (Å²) in [6, 6.07) is 27.7. The average molecular weight is 457 g/mol. The van der Waals surface area contributed by atoms with Gasteiger partial charge in [0.25, 0.3) is 0 Å². The molecule has 0 aliphatic rings. The molecule has 0 saturated heterocycles. The molecular formula is C30H36N2O2. The van der Waals surface area contributed by atoms with Gasteiger partial charge in [0.05, 0.1) is 0 Å². The minimum atomic E-state index is -0.583. The quantitative estimate of drug-likeness (QED) is 0.423. The number of benzene rings is 3. The van der Waals surface area contributed by atoms with Crippen LogP contribution < -0.4 is 5.32 Å². The van der Waals surface area contributed by atoms with Crippen LogP contribution in [-0.2, 0) is 35.4 Å². The third kappa shape index (κ3) is 7.58. The number of carbonyl (C=O) groups is 2. The van der Waals surface area contributed by atoms with Crippen molar-refractivity contribution in [1.29, 1.82) is 0 Å². The second kappa shape index (κ2) is 12.7. The zero-order valence-electron chi connectivity index (χ0n) is 20.5. The van der Waals surface area contributed by atoms with Crippen molar-refractivity contribution in [1.82, 2.24) is 10.2 Å². The van der Waals surface area contributed by atoms with Crippen molar-refractivity contribution >= 4 is 11.8 Å². The number of hydrogen-bond acceptors (Lipinski definition) is 2. The second-order valence-corrected chi connectivity index (χ2v) is 9.05. The topological polar surface area (TPSA) is 49.4 Å². The van der Waals surface area contributed by atoms with Crippen molar-refractivity contribution < 1.29 is 9.59 Å². The molecule has 0 spiro atoms. The van der Waals surface area contributed by atoms with Crippen LogP contribution >= 0.6 is 0 Å². The predicted molar refractivity (Wildman–Crippen MR) is 138 cm³/mol. The van der Waals surface area contributed by atoms with Crippen molar-refractivity contribution in [3.05, 3.63) is 107 Å². The molecule has 0 unspecified atom stereocenters. The summed E-state index contributed by atoms with van der Waals surface area (Å²) in [6.07, 6.45) is 2.48. The Hall–Kier alpha value is -3.40. The maximum absolute atomic E-state index is 13.6. The van der Waals surface area contributed by atoms with Gasteiger partial charge in [-0.3, -0.25) is 9.59 Å². The molecule has 0 fully saturated rings. The Labute approximate surface area is 204 Å². The fourth-order valence-electron chi connectivity index (χ4n) is 4.05. The van der Waals surface area contributed by atoms with Crippen LogP contribution in [0.15, 0.2) is 84.9 Å². The van der Waals surface area contributed by atoms with Gasteiger partial charge in [0.1, 0.15) is 6.04 Å². The molecule has 0 heterocycles. The lowest BCUT2D eigenvalue weighted by atomic mass is 10.0. The lowest BCUT2D eigenvalue weighted by Gasteiger charge is -2.32. The van der Waals surface area contributed by atoms with E-state index in [1.54, 1.807) is 4.90 Å². The molecule has 0 radical (unpaired) electrons. The Balaban J connectivity index is 1.86. The zero-order chi connectivity index (χ0) is 24.3. The summed E-state index contributed by atoms with van der Waals surface area (Å²) in [5.74, 6) is -0.126. The zero-order valence-corrected chi connectivity index (χ0v) is 20.5. The number of hydrogen-bond donors (Lipinski definition) is 1. The van der Waals surface area contributed by atoms with Crippen LogP contribution in [0.2, 0.25) is 0 Å². The van der Waals surface area contributed by atoms with Gasteiger partial charge >= 0.3 is 0 Å². The van der Waals surface area contributed by atoms with Gasteiger partial charge in [0, 0.05) is 25.4 Å². The monoisotopic (exact) mass is 456 g/mol. The van der Waals surface area contributed by atoms with Crippen LogP contribution in [0.5, 0.6) is 0 Å². The molecule has 0 bridgehead atoms. The van der Waals surface area contributed by atoms with E-state index in [0.717, 1.165) is 23.1 Å². The van der Waals surface area contributed by atoms with Gasteiger partial charge in [-0.25, -0.2) is 0 Å². The van der Waals surface area contributed by atoms with Gasteiger partial charge in [-0.2, -0.15) is 0 Å². The predicted octanol–water partition coefficient (Wildman–Crippen LogP) is 5.35. The lowest BCUT2D eigenvalue weighted by Crippen LogP contribution is -2.51. The normalized spacial score (nSPS) is 11.8. The van der Waals surface area contributed by atoms with Crippen LogP contribution in [0.25, 0.3) is 0 Å². The van der Waals surface area contributed by atoms with Gasteiger partial charge < -0.3 is 10.2 Å². The van der Waals surface area contributed by atoms with Crippen LogP contribution in [0, 0.1) is 0 Å². The molecule has 0 aliphatic carbocycles. The summed E-state index contributed by atoms with van der Waals surface area (Å²) in [5.41, 5.74) is 4.47. The molecule has 0 saturated carbocycles. The minimum absolute atomic E-state index is 0.00321. The first-order chi connectivity index (χ1) is 16.5. The Kier molecular flexibility index (Phi) is 9.45. The van der Waals surface area contributed by atoms with Crippen LogP contribution in [0.1, 0.15) is 49.4 Å². The van der Waals surface area contributed by atoms with E-state index in [0.29, 0.717) is 25.8 Å². The highest BCUT2D eigenvalue weighted by Gasteiger charge is 2.30. The van der Waals surface area contributed by atoms with E-state index in [4.69, 9.17) is 0 Å². The van der Waals surface area contributed by atoms with Gasteiger partial charge in [-0.15, -0.1) is 0 Å². The first-order valence-electron chi connectivity index (χ1n) is 12.2. The van der Waals surface area contributed by atoms with E-state index >= 15 is 0 Å². The highest BCUT2D eigenvalue weighted by Crippen LogP contribution is 2.17. The molecule has 0 aromatic heterocycles. The highest BCUT2D eigenvalue weighted by atomic mass is 16.2. The third-order valence-corrected chi connectivity index (χ3v) is 5.96. The summed E-state index contributed by atoms with van der Waals surface area (Å²) in [7, 11) is 0. The van der Waals surface area contributed by atoms with E-state index in [9.17, 15) is 9.59 Å². The highest BCUT2D eigenvalue weighted by molar-refractivity contribution is 5.88. The number of amides is 2. The van der Waals surface area contributed by atoms with E-state index in [1.807, 2.05) is 74.5 Å². The molecular weight excluding hydrogens is 420 g/mol. The smallest absolute Gasteiger partial charge is 0.243 e. The molecule has 3 rings (SSSR count). The van der Waals surface area contributed by atoms with Crippen molar-refractivity contribution in [2.24, 2.45) is 0 Å². The SMILES string of the molecule is CCc1ccc(CCC(=O)N(Cc2ccccc2)[C@H](Cc2ccccc2)C(=O)NC(C)C)cc1. The average Bonchev–Trinajstić information content (AvgIpc) is 2.85. The van der Waals surface area contributed by atoms with Crippen LogP contribution in [0.3, 0.4) is 0 Å². The Bertz CT molecular complexity index is 1030. The Morgan fingerprint density at radius 1 is 0.765 bits per heavy atom. The van der Waals surface area contributed by atoms with Gasteiger partial charge in [0.15, 0.2) is 0 Å². The summed E-state index contributed by atoms with van der Waals surface area (Å²) < 4.78 is 0. The third-order valence-electron chi connectivity index (χ3n) is 5.96. The van der Waals surface area contributed by atoms with Gasteiger partial charge in [0.2, 0.25) is 11.8 Å². The number of rotatable bonds is 11. The summed E-state index contributed by atoms with van der Waals surface area (Å²) >= 11 is 0. The molecule has 0 aliphatic heterocycles. The minimum Gasteiger partial charge on any atom is -0.352 e. The molecule has 2 amide bonds. The lowest BCUT2D eigenvalue weighted by molar-refractivity contribution is -0.141. The molecule has 34 heavy (non-hydrogen) atoms. The van der Waals surface area contributed by atoms with E-state index in [1.165, 1.54) is 5.56 Å². The summed E-state index contributed by atoms with van der Waals surface area (Å²) in [6.45, 7) is 6.42. The number of nitrogens with zero attached hydrogens (tertiary/aromatic N) is 1. The molecule has 3 aromatic rings. The van der Waals surface area contributed by atoms with Crippen LogP contribution in [0.4, 0.5) is 0 Å². The molecule has 3 aromatic carbocycles. The molecule has 1 N–H and O–H groups in total. The van der Waals surface area contributed by atoms with E-state index < -0.39 is 6.04 Å². The fourth-order valence-corrected chi connectivity index (χ4v) is 4.05. The summed E-state index contributed by atoms with van der Waals surface area (Å²) in [5, 5.41) is 3.04. The maximum atomic E-state index is 13.6. The number of carbonyl (C=O) groups excluding carboxylic acids is 2. The molecule has 1 atom stereocenters. The first kappa shape index (κ1) is 25.2. The van der Waals surface area contributed by atoms with Crippen molar-refractivity contribution in [3.63, 3.8) is 0 Å². The fraction of sp³-hybridized carbons (Fsp3) is 0.333. The Morgan fingerprint density at radius 2 is 1.32 bits per heavy atom. The van der Waals surface area contributed by atoms with Crippen LogP contribution in [-0.4, -0.2) is 28.8 Å². The molecule has 4 nitrogen and oxygen atoms in total. The Morgan fingerprint density at radius 3 is 1.88 bits per heavy atom.